The first-order valence-electron chi connectivity index (χ1n) is 5.10. The van der Waals surface area contributed by atoms with E-state index in [4.69, 9.17) is 11.6 Å². The Hall–Kier alpha value is -1.40. The summed E-state index contributed by atoms with van der Waals surface area (Å²) in [5.74, 6) is 0. The van der Waals surface area contributed by atoms with E-state index in [9.17, 15) is 13.2 Å². The molecular formula is C11H9ClF3N3. The first-order valence-corrected chi connectivity index (χ1v) is 5.47. The van der Waals surface area contributed by atoms with Crippen LogP contribution in [-0.2, 0) is 12.7 Å². The van der Waals surface area contributed by atoms with Crippen LogP contribution in [0, 0.1) is 0 Å². The number of fused-ring (bicyclic) bond motifs is 1. The smallest absolute Gasteiger partial charge is 0.314 e. The molecule has 2 rings (SSSR count). The predicted molar refractivity (Wildman–Crippen MR) is 62.3 cm³/mol. The molecule has 96 valence electrons. The minimum Gasteiger partial charge on any atom is -0.314 e. The Balaban J connectivity index is 2.66. The molecule has 0 bridgehead atoms. The first kappa shape index (κ1) is 13.0. The first-order chi connectivity index (χ1) is 8.41. The second-order valence-electron chi connectivity index (χ2n) is 3.70. The van der Waals surface area contributed by atoms with Gasteiger partial charge in [-0.15, -0.1) is 0 Å². The third kappa shape index (κ3) is 2.54. The van der Waals surface area contributed by atoms with Crippen molar-refractivity contribution in [2.24, 2.45) is 0 Å². The average molecular weight is 276 g/mol. The molecule has 0 radical (unpaired) electrons. The van der Waals surface area contributed by atoms with Gasteiger partial charge in [0, 0.05) is 11.9 Å². The van der Waals surface area contributed by atoms with Gasteiger partial charge >= 0.3 is 6.18 Å². The standard InChI is InChI=1S/C11H9ClF3N3/c1-16-5-9-7-4-6(11(13,14)15)2-3-8(7)17-10(12)18-9/h2-4,16H,5H2,1H3. The maximum Gasteiger partial charge on any atom is 0.416 e. The van der Waals surface area contributed by atoms with E-state index < -0.39 is 11.7 Å². The number of hydrogen-bond acceptors (Lipinski definition) is 3. The largest absolute Gasteiger partial charge is 0.416 e. The number of hydrogen-bond donors (Lipinski definition) is 1. The third-order valence-corrected chi connectivity index (χ3v) is 2.59. The second kappa shape index (κ2) is 4.70. The maximum atomic E-state index is 12.6. The molecule has 0 spiro atoms. The van der Waals surface area contributed by atoms with Crippen LogP contribution in [0.5, 0.6) is 0 Å². The van der Waals surface area contributed by atoms with Crippen LogP contribution in [0.3, 0.4) is 0 Å². The lowest BCUT2D eigenvalue weighted by Gasteiger charge is -2.10. The van der Waals surface area contributed by atoms with Crippen LogP contribution >= 0.6 is 11.6 Å². The molecule has 7 heteroatoms. The summed E-state index contributed by atoms with van der Waals surface area (Å²) in [5, 5.41) is 3.20. The lowest BCUT2D eigenvalue weighted by molar-refractivity contribution is -0.137. The van der Waals surface area contributed by atoms with E-state index in [0.29, 0.717) is 23.1 Å². The van der Waals surface area contributed by atoms with E-state index in [1.165, 1.54) is 6.07 Å². The Kier molecular flexibility index (Phi) is 3.41. The highest BCUT2D eigenvalue weighted by Gasteiger charge is 2.30. The third-order valence-electron chi connectivity index (χ3n) is 2.42. The van der Waals surface area contributed by atoms with Gasteiger partial charge in [-0.1, -0.05) is 0 Å². The zero-order valence-electron chi connectivity index (χ0n) is 9.35. The van der Waals surface area contributed by atoms with E-state index in [0.717, 1.165) is 12.1 Å². The van der Waals surface area contributed by atoms with E-state index in [-0.39, 0.29) is 5.28 Å². The van der Waals surface area contributed by atoms with Crippen molar-refractivity contribution in [1.29, 1.82) is 0 Å². The molecule has 0 unspecified atom stereocenters. The van der Waals surface area contributed by atoms with Gasteiger partial charge in [0.05, 0.1) is 16.8 Å². The topological polar surface area (TPSA) is 37.8 Å². The Morgan fingerprint density at radius 2 is 2.00 bits per heavy atom. The summed E-state index contributed by atoms with van der Waals surface area (Å²) in [5.41, 5.74) is 0.116. The summed E-state index contributed by atoms with van der Waals surface area (Å²) in [4.78, 5) is 7.84. The molecule has 0 saturated heterocycles. The van der Waals surface area contributed by atoms with Crippen LogP contribution in [-0.4, -0.2) is 17.0 Å². The fourth-order valence-corrected chi connectivity index (χ4v) is 1.83. The van der Waals surface area contributed by atoms with Crippen LogP contribution in [0.2, 0.25) is 5.28 Å². The Morgan fingerprint density at radius 3 is 2.61 bits per heavy atom. The van der Waals surface area contributed by atoms with Crippen molar-refractivity contribution in [3.05, 3.63) is 34.7 Å². The molecule has 3 nitrogen and oxygen atoms in total. The van der Waals surface area contributed by atoms with E-state index in [1.807, 2.05) is 0 Å². The summed E-state index contributed by atoms with van der Waals surface area (Å²) in [6.07, 6.45) is -4.38. The van der Waals surface area contributed by atoms with Gasteiger partial charge < -0.3 is 5.32 Å². The molecule has 18 heavy (non-hydrogen) atoms. The highest BCUT2D eigenvalue weighted by molar-refractivity contribution is 6.28. The summed E-state index contributed by atoms with van der Waals surface area (Å²) in [6, 6.07) is 3.32. The van der Waals surface area contributed by atoms with Crippen LogP contribution in [0.25, 0.3) is 10.9 Å². The fraction of sp³-hybridized carbons (Fsp3) is 0.273. The van der Waals surface area contributed by atoms with Crippen molar-refractivity contribution in [2.75, 3.05) is 7.05 Å². The number of rotatable bonds is 2. The number of nitrogens with one attached hydrogen (secondary N) is 1. The van der Waals surface area contributed by atoms with Crippen molar-refractivity contribution in [3.8, 4) is 0 Å². The Morgan fingerprint density at radius 1 is 1.28 bits per heavy atom. The van der Waals surface area contributed by atoms with Crippen molar-refractivity contribution in [2.45, 2.75) is 12.7 Å². The summed E-state index contributed by atoms with van der Waals surface area (Å²) in [6.45, 7) is 0.319. The predicted octanol–water partition coefficient (Wildman–Crippen LogP) is 3.02. The highest BCUT2D eigenvalue weighted by Crippen LogP contribution is 2.31. The van der Waals surface area contributed by atoms with Crippen molar-refractivity contribution < 1.29 is 13.2 Å². The van der Waals surface area contributed by atoms with Crippen molar-refractivity contribution >= 4 is 22.5 Å². The van der Waals surface area contributed by atoms with Gasteiger partial charge in [-0.25, -0.2) is 9.97 Å². The van der Waals surface area contributed by atoms with Gasteiger partial charge in [-0.2, -0.15) is 13.2 Å². The van der Waals surface area contributed by atoms with Gasteiger partial charge in [0.15, 0.2) is 0 Å². The molecule has 1 aromatic carbocycles. The second-order valence-corrected chi connectivity index (χ2v) is 4.04. The molecule has 0 saturated carbocycles. The van der Waals surface area contributed by atoms with Gasteiger partial charge in [0.1, 0.15) is 0 Å². The molecule has 0 fully saturated rings. The van der Waals surface area contributed by atoms with Gasteiger partial charge in [0.2, 0.25) is 5.28 Å². The van der Waals surface area contributed by atoms with Crippen LogP contribution in [0.1, 0.15) is 11.3 Å². The minimum absolute atomic E-state index is 0.0208. The minimum atomic E-state index is -4.38. The molecule has 0 aliphatic carbocycles. The molecule has 2 aromatic rings. The van der Waals surface area contributed by atoms with Gasteiger partial charge in [-0.05, 0) is 36.8 Å². The number of aromatic nitrogens is 2. The van der Waals surface area contributed by atoms with E-state index >= 15 is 0 Å². The van der Waals surface area contributed by atoms with Gasteiger partial charge in [-0.3, -0.25) is 0 Å². The molecule has 0 atom stereocenters. The number of benzene rings is 1. The molecular weight excluding hydrogens is 267 g/mol. The van der Waals surface area contributed by atoms with Crippen LogP contribution in [0.15, 0.2) is 18.2 Å². The molecule has 0 aliphatic rings. The lowest BCUT2D eigenvalue weighted by Crippen LogP contribution is -2.10. The average Bonchev–Trinajstić information content (AvgIpc) is 2.27. The lowest BCUT2D eigenvalue weighted by atomic mass is 10.1. The number of alkyl halides is 3. The van der Waals surface area contributed by atoms with Crippen molar-refractivity contribution in [3.63, 3.8) is 0 Å². The SMILES string of the molecule is CNCc1nc(Cl)nc2ccc(C(F)(F)F)cc12. The summed E-state index contributed by atoms with van der Waals surface area (Å²) >= 11 is 5.72. The highest BCUT2D eigenvalue weighted by atomic mass is 35.5. The molecule has 1 aromatic heterocycles. The molecule has 0 aliphatic heterocycles. The molecule has 1 heterocycles. The maximum absolute atomic E-state index is 12.6. The van der Waals surface area contributed by atoms with Gasteiger partial charge in [0.25, 0.3) is 0 Å². The monoisotopic (exact) mass is 275 g/mol. The fourth-order valence-electron chi connectivity index (χ4n) is 1.64. The van der Waals surface area contributed by atoms with Crippen LogP contribution < -0.4 is 5.32 Å². The number of halogens is 4. The zero-order chi connectivity index (χ0) is 13.3. The van der Waals surface area contributed by atoms with Crippen molar-refractivity contribution in [1.82, 2.24) is 15.3 Å². The van der Waals surface area contributed by atoms with E-state index in [1.54, 1.807) is 7.05 Å². The molecule has 0 amide bonds. The molecule has 1 N–H and O–H groups in total. The van der Waals surface area contributed by atoms with E-state index in [2.05, 4.69) is 15.3 Å². The normalized spacial score (nSPS) is 12.1. The Bertz CT molecular complexity index is 583. The van der Waals surface area contributed by atoms with Crippen LogP contribution in [0.4, 0.5) is 13.2 Å². The zero-order valence-corrected chi connectivity index (χ0v) is 10.1. The quantitative estimate of drug-likeness (QED) is 0.856. The summed E-state index contributed by atoms with van der Waals surface area (Å²) < 4.78 is 37.9. The number of nitrogens with zero attached hydrogens (tertiary/aromatic N) is 2. The summed E-state index contributed by atoms with van der Waals surface area (Å²) in [7, 11) is 1.68. The Labute approximate surface area is 106 Å².